The first-order valence-corrected chi connectivity index (χ1v) is 12.7. The Kier molecular flexibility index (Phi) is 5.21. The molecule has 0 radical (unpaired) electrons. The zero-order chi connectivity index (χ0) is 26.0. The highest BCUT2D eigenvalue weighted by Crippen LogP contribution is 2.47. The standard InChI is InChI=1S/C30H18Cl2N2O4/c31-15-9-11-23-19(13-15)33-27(17-5-1-3-7-21(17)37-23)25-26(30(36)29(25)35)28-18-6-2-4-8-22(18)38-24-12-10-16(32)14-20(24)34-28/h1-14,27-28,33-34H. The van der Waals surface area contributed by atoms with Gasteiger partial charge in [0.1, 0.15) is 11.5 Å². The number of benzene rings is 4. The molecule has 38 heavy (non-hydrogen) atoms. The number of hydrogen-bond acceptors (Lipinski definition) is 6. The van der Waals surface area contributed by atoms with Crippen LogP contribution in [0.2, 0.25) is 10.0 Å². The maximum Gasteiger partial charge on any atom is 0.232 e. The average Bonchev–Trinajstić information content (AvgIpc) is 3.18. The Balaban J connectivity index is 1.43. The van der Waals surface area contributed by atoms with Crippen LogP contribution in [0.3, 0.4) is 0 Å². The second kappa shape index (κ2) is 8.65. The van der Waals surface area contributed by atoms with E-state index in [0.717, 1.165) is 11.1 Å². The Morgan fingerprint density at radius 2 is 0.974 bits per heavy atom. The van der Waals surface area contributed by atoms with E-state index >= 15 is 0 Å². The van der Waals surface area contributed by atoms with Crippen LogP contribution in [0.5, 0.6) is 23.0 Å². The fourth-order valence-corrected chi connectivity index (χ4v) is 5.53. The topological polar surface area (TPSA) is 76.7 Å². The molecular formula is C30H18Cl2N2O4. The largest absolute Gasteiger partial charge is 0.455 e. The van der Waals surface area contributed by atoms with Gasteiger partial charge in [-0.3, -0.25) is 9.59 Å². The molecule has 0 spiro atoms. The van der Waals surface area contributed by atoms with Gasteiger partial charge in [0, 0.05) is 32.3 Å². The summed E-state index contributed by atoms with van der Waals surface area (Å²) >= 11 is 12.6. The Hall–Kier alpha value is -4.26. The van der Waals surface area contributed by atoms with Gasteiger partial charge in [-0.25, -0.2) is 0 Å². The van der Waals surface area contributed by atoms with Crippen LogP contribution in [-0.2, 0) is 0 Å². The van der Waals surface area contributed by atoms with Gasteiger partial charge in [0.15, 0.2) is 11.5 Å². The average molecular weight is 541 g/mol. The predicted molar refractivity (Wildman–Crippen MR) is 148 cm³/mol. The summed E-state index contributed by atoms with van der Waals surface area (Å²) < 4.78 is 12.4. The SMILES string of the molecule is O=c1c(C2Nc3cc(Cl)ccc3Oc3ccccc32)c(C2Nc3cc(Cl)ccc3Oc3ccccc32)c1=O. The van der Waals surface area contributed by atoms with Gasteiger partial charge < -0.3 is 20.1 Å². The summed E-state index contributed by atoms with van der Waals surface area (Å²) in [6.07, 6.45) is 0. The van der Waals surface area contributed by atoms with Crippen LogP contribution in [0, 0.1) is 0 Å². The van der Waals surface area contributed by atoms with E-state index in [1.165, 1.54) is 0 Å². The molecule has 0 fully saturated rings. The summed E-state index contributed by atoms with van der Waals surface area (Å²) in [7, 11) is 0. The van der Waals surface area contributed by atoms with Crippen molar-refractivity contribution in [2.24, 2.45) is 0 Å². The third kappa shape index (κ3) is 3.56. The number of anilines is 2. The third-order valence-electron chi connectivity index (χ3n) is 6.95. The second-order valence-corrected chi connectivity index (χ2v) is 10.1. The lowest BCUT2D eigenvalue weighted by Crippen LogP contribution is -2.45. The minimum atomic E-state index is -0.650. The monoisotopic (exact) mass is 540 g/mol. The molecule has 5 aromatic carbocycles. The van der Waals surface area contributed by atoms with E-state index in [1.807, 2.05) is 48.5 Å². The van der Waals surface area contributed by atoms with E-state index in [-0.39, 0.29) is 0 Å². The molecule has 0 bridgehead atoms. The van der Waals surface area contributed by atoms with E-state index in [4.69, 9.17) is 32.7 Å². The van der Waals surface area contributed by atoms with Crippen LogP contribution in [0.1, 0.15) is 34.3 Å². The molecule has 2 atom stereocenters. The molecule has 0 aliphatic carbocycles. The third-order valence-corrected chi connectivity index (χ3v) is 7.42. The van der Waals surface area contributed by atoms with Gasteiger partial charge in [0.25, 0.3) is 0 Å². The number of fused-ring (bicyclic) bond motifs is 4. The minimum Gasteiger partial charge on any atom is -0.455 e. The van der Waals surface area contributed by atoms with Crippen LogP contribution in [0.4, 0.5) is 11.4 Å². The first-order chi connectivity index (χ1) is 18.5. The first-order valence-electron chi connectivity index (χ1n) is 12.0. The first kappa shape index (κ1) is 22.9. The number of rotatable bonds is 2. The highest BCUT2D eigenvalue weighted by atomic mass is 35.5. The number of ether oxygens (including phenoxy) is 2. The van der Waals surface area contributed by atoms with Crippen LogP contribution >= 0.6 is 23.2 Å². The zero-order valence-electron chi connectivity index (χ0n) is 19.6. The smallest absolute Gasteiger partial charge is 0.232 e. The van der Waals surface area contributed by atoms with E-state index < -0.39 is 22.9 Å². The Bertz CT molecular complexity index is 1690. The van der Waals surface area contributed by atoms with Crippen molar-refractivity contribution in [1.82, 2.24) is 0 Å². The normalized spacial score (nSPS) is 17.2. The highest BCUT2D eigenvalue weighted by Gasteiger charge is 2.38. The Labute approximate surface area is 227 Å². The molecule has 0 saturated carbocycles. The second-order valence-electron chi connectivity index (χ2n) is 9.20. The molecule has 2 aliphatic heterocycles. The summed E-state index contributed by atoms with van der Waals surface area (Å²) in [5.74, 6) is 2.30. The summed E-state index contributed by atoms with van der Waals surface area (Å²) in [5, 5.41) is 7.88. The van der Waals surface area contributed by atoms with Crippen molar-refractivity contribution in [2.75, 3.05) is 10.6 Å². The lowest BCUT2D eigenvalue weighted by molar-refractivity contribution is 0.482. The lowest BCUT2D eigenvalue weighted by atomic mass is 9.83. The van der Waals surface area contributed by atoms with Crippen molar-refractivity contribution < 1.29 is 9.47 Å². The highest BCUT2D eigenvalue weighted by molar-refractivity contribution is 6.31. The fraction of sp³-hybridized carbons (Fsp3) is 0.0667. The maximum absolute atomic E-state index is 13.3. The summed E-state index contributed by atoms with van der Waals surface area (Å²) in [6.45, 7) is 0. The van der Waals surface area contributed by atoms with Crippen molar-refractivity contribution in [3.8, 4) is 23.0 Å². The number of hydrogen-bond donors (Lipinski definition) is 2. The van der Waals surface area contributed by atoms with Gasteiger partial charge in [-0.15, -0.1) is 0 Å². The predicted octanol–water partition coefficient (Wildman–Crippen LogP) is 7.20. The van der Waals surface area contributed by atoms with Crippen molar-refractivity contribution in [2.45, 2.75) is 12.1 Å². The molecule has 6 nitrogen and oxygen atoms in total. The van der Waals surface area contributed by atoms with Gasteiger partial charge in [-0.05, 0) is 48.5 Å². The molecule has 186 valence electrons. The number of para-hydroxylation sites is 2. The molecule has 5 aromatic rings. The van der Waals surface area contributed by atoms with E-state index in [0.29, 0.717) is 55.5 Å². The van der Waals surface area contributed by atoms with Crippen LogP contribution in [0.15, 0.2) is 94.5 Å². The van der Waals surface area contributed by atoms with Gasteiger partial charge in [0.05, 0.1) is 23.5 Å². The van der Waals surface area contributed by atoms with Crippen LogP contribution < -0.4 is 31.0 Å². The minimum absolute atomic E-state index is 0.358. The molecule has 2 unspecified atom stereocenters. The van der Waals surface area contributed by atoms with Gasteiger partial charge in [0.2, 0.25) is 10.9 Å². The van der Waals surface area contributed by atoms with Gasteiger partial charge >= 0.3 is 0 Å². The van der Waals surface area contributed by atoms with E-state index in [9.17, 15) is 9.59 Å². The lowest BCUT2D eigenvalue weighted by Gasteiger charge is -2.28. The molecule has 2 heterocycles. The molecule has 2 aliphatic rings. The molecule has 0 aromatic heterocycles. The number of nitrogens with one attached hydrogen (secondary N) is 2. The Morgan fingerprint density at radius 3 is 1.42 bits per heavy atom. The molecule has 0 amide bonds. The molecular weight excluding hydrogens is 523 g/mol. The van der Waals surface area contributed by atoms with Crippen molar-refractivity contribution >= 4 is 34.6 Å². The van der Waals surface area contributed by atoms with Gasteiger partial charge in [-0.1, -0.05) is 59.6 Å². The summed E-state index contributed by atoms with van der Waals surface area (Å²) in [4.78, 5) is 26.6. The van der Waals surface area contributed by atoms with Crippen molar-refractivity contribution in [3.05, 3.63) is 138 Å². The summed E-state index contributed by atoms with van der Waals surface area (Å²) in [6, 6.07) is 24.1. The van der Waals surface area contributed by atoms with E-state index in [1.54, 1.807) is 36.4 Å². The fourth-order valence-electron chi connectivity index (χ4n) is 5.19. The number of halogens is 2. The zero-order valence-corrected chi connectivity index (χ0v) is 21.1. The molecule has 7 rings (SSSR count). The van der Waals surface area contributed by atoms with Crippen LogP contribution in [0.25, 0.3) is 0 Å². The van der Waals surface area contributed by atoms with Crippen LogP contribution in [-0.4, -0.2) is 0 Å². The molecule has 2 N–H and O–H groups in total. The van der Waals surface area contributed by atoms with Gasteiger partial charge in [-0.2, -0.15) is 0 Å². The quantitative estimate of drug-likeness (QED) is 0.230. The maximum atomic E-state index is 13.3. The summed E-state index contributed by atoms with van der Waals surface area (Å²) in [5.41, 5.74) is 2.32. The molecule has 0 saturated heterocycles. The molecule has 8 heteroatoms. The van der Waals surface area contributed by atoms with Crippen molar-refractivity contribution in [1.29, 1.82) is 0 Å². The Morgan fingerprint density at radius 1 is 0.553 bits per heavy atom. The van der Waals surface area contributed by atoms with Crippen molar-refractivity contribution in [3.63, 3.8) is 0 Å². The van der Waals surface area contributed by atoms with E-state index in [2.05, 4.69) is 10.6 Å².